The van der Waals surface area contributed by atoms with E-state index in [-0.39, 0.29) is 5.56 Å². The van der Waals surface area contributed by atoms with Crippen LogP contribution in [0.5, 0.6) is 0 Å². The number of nitrogens with zero attached hydrogens (tertiary/aromatic N) is 2. The van der Waals surface area contributed by atoms with Gasteiger partial charge >= 0.3 is 0 Å². The summed E-state index contributed by atoms with van der Waals surface area (Å²) in [6.07, 6.45) is 2.59. The summed E-state index contributed by atoms with van der Waals surface area (Å²) < 4.78 is 2.43. The van der Waals surface area contributed by atoms with E-state index in [4.69, 9.17) is 0 Å². The molecule has 0 amide bonds. The fraction of sp³-hybridized carbons (Fsp3) is 0.200. The van der Waals surface area contributed by atoms with Crippen molar-refractivity contribution in [2.75, 3.05) is 0 Å². The Morgan fingerprint density at radius 1 is 1.26 bits per heavy atom. The summed E-state index contributed by atoms with van der Waals surface area (Å²) in [5.74, 6) is 0. The minimum atomic E-state index is 0.0685. The van der Waals surface area contributed by atoms with Crippen molar-refractivity contribution >= 4 is 21.6 Å². The third-order valence-electron chi connectivity index (χ3n) is 3.10. The van der Waals surface area contributed by atoms with Crippen LogP contribution in [0, 0.1) is 0 Å². The lowest BCUT2D eigenvalue weighted by Crippen LogP contribution is -2.19. The van der Waals surface area contributed by atoms with Crippen LogP contribution in [0.15, 0.2) is 46.8 Å². The number of aromatic nitrogens is 2. The quantitative estimate of drug-likeness (QED) is 0.729. The number of hydrogen-bond donors (Lipinski definition) is 0. The van der Waals surface area contributed by atoms with Crippen molar-refractivity contribution in [1.82, 2.24) is 9.55 Å². The van der Waals surface area contributed by atoms with Gasteiger partial charge in [-0.3, -0.25) is 9.36 Å². The standard InChI is InChI=1S/C15H14N2OS/c1-2-8-17-10-16-13-12(9-19-14(13)15(17)18)11-6-4-3-5-7-11/h3-7,9-10H,2,8H2,1H3. The number of aryl methyl sites for hydroxylation is 1. The smallest absolute Gasteiger partial charge is 0.271 e. The van der Waals surface area contributed by atoms with Gasteiger partial charge in [0.15, 0.2) is 0 Å². The van der Waals surface area contributed by atoms with Crippen LogP contribution in [0.1, 0.15) is 13.3 Å². The topological polar surface area (TPSA) is 34.9 Å². The molecule has 0 fully saturated rings. The van der Waals surface area contributed by atoms with Gasteiger partial charge in [-0.25, -0.2) is 4.98 Å². The van der Waals surface area contributed by atoms with Crippen LogP contribution in [-0.4, -0.2) is 9.55 Å². The number of benzene rings is 1. The molecular weight excluding hydrogens is 256 g/mol. The molecule has 0 spiro atoms. The van der Waals surface area contributed by atoms with Crippen LogP contribution in [-0.2, 0) is 6.54 Å². The molecule has 3 aromatic rings. The highest BCUT2D eigenvalue weighted by atomic mass is 32.1. The lowest BCUT2D eigenvalue weighted by molar-refractivity contribution is 0.649. The first-order valence-electron chi connectivity index (χ1n) is 6.33. The summed E-state index contributed by atoms with van der Waals surface area (Å²) >= 11 is 1.48. The van der Waals surface area contributed by atoms with Crippen LogP contribution in [0.4, 0.5) is 0 Å². The van der Waals surface area contributed by atoms with Crippen LogP contribution < -0.4 is 5.56 Å². The molecule has 0 bridgehead atoms. The minimum absolute atomic E-state index is 0.0685. The zero-order chi connectivity index (χ0) is 13.2. The van der Waals surface area contributed by atoms with Gasteiger partial charge in [-0.05, 0) is 12.0 Å². The maximum absolute atomic E-state index is 12.3. The first-order valence-corrected chi connectivity index (χ1v) is 7.21. The number of thiophene rings is 1. The van der Waals surface area contributed by atoms with Gasteiger partial charge in [0, 0.05) is 17.5 Å². The van der Waals surface area contributed by atoms with Gasteiger partial charge in [-0.1, -0.05) is 37.3 Å². The van der Waals surface area contributed by atoms with Gasteiger partial charge in [0.25, 0.3) is 5.56 Å². The third kappa shape index (κ3) is 2.08. The van der Waals surface area contributed by atoms with E-state index in [0.717, 1.165) is 34.3 Å². The Bertz CT molecular complexity index is 759. The molecule has 0 unspecified atom stereocenters. The molecule has 1 aromatic carbocycles. The fourth-order valence-electron chi connectivity index (χ4n) is 2.16. The summed E-state index contributed by atoms with van der Waals surface area (Å²) in [6.45, 7) is 2.78. The molecule has 0 atom stereocenters. The molecule has 0 N–H and O–H groups in total. The molecular formula is C15H14N2OS. The highest BCUT2D eigenvalue weighted by molar-refractivity contribution is 7.17. The molecule has 96 valence electrons. The summed E-state index contributed by atoms with van der Waals surface area (Å²) in [4.78, 5) is 16.8. The first-order chi connectivity index (χ1) is 9.31. The second kappa shape index (κ2) is 4.97. The monoisotopic (exact) mass is 270 g/mol. The van der Waals surface area contributed by atoms with Crippen LogP contribution in [0.2, 0.25) is 0 Å². The van der Waals surface area contributed by atoms with Crippen molar-refractivity contribution in [1.29, 1.82) is 0 Å². The SMILES string of the molecule is CCCn1cnc2c(-c3ccccc3)csc2c1=O. The number of rotatable bonds is 3. The summed E-state index contributed by atoms with van der Waals surface area (Å²) in [5.41, 5.74) is 3.03. The van der Waals surface area contributed by atoms with Crippen LogP contribution in [0.25, 0.3) is 21.3 Å². The number of hydrogen-bond acceptors (Lipinski definition) is 3. The van der Waals surface area contributed by atoms with E-state index in [1.165, 1.54) is 11.3 Å². The van der Waals surface area contributed by atoms with Gasteiger partial charge in [0.2, 0.25) is 0 Å². The highest BCUT2D eigenvalue weighted by Gasteiger charge is 2.11. The zero-order valence-corrected chi connectivity index (χ0v) is 11.5. The molecule has 0 saturated carbocycles. The van der Waals surface area contributed by atoms with E-state index in [1.807, 2.05) is 35.7 Å². The van der Waals surface area contributed by atoms with E-state index in [2.05, 4.69) is 11.9 Å². The van der Waals surface area contributed by atoms with Gasteiger partial charge in [-0.2, -0.15) is 0 Å². The Balaban J connectivity index is 2.21. The second-order valence-corrected chi connectivity index (χ2v) is 5.32. The fourth-order valence-corrected chi connectivity index (χ4v) is 3.14. The normalized spacial score (nSPS) is 11.0. The average Bonchev–Trinajstić information content (AvgIpc) is 2.88. The predicted molar refractivity (Wildman–Crippen MR) is 79.6 cm³/mol. The maximum atomic E-state index is 12.3. The lowest BCUT2D eigenvalue weighted by atomic mass is 10.1. The van der Waals surface area contributed by atoms with Gasteiger partial charge in [-0.15, -0.1) is 11.3 Å². The van der Waals surface area contributed by atoms with Crippen molar-refractivity contribution in [3.63, 3.8) is 0 Å². The molecule has 0 saturated heterocycles. The Morgan fingerprint density at radius 3 is 2.79 bits per heavy atom. The molecule has 2 heterocycles. The largest absolute Gasteiger partial charge is 0.298 e. The van der Waals surface area contributed by atoms with Crippen molar-refractivity contribution in [2.24, 2.45) is 0 Å². The van der Waals surface area contributed by atoms with Gasteiger partial charge < -0.3 is 0 Å². The van der Waals surface area contributed by atoms with E-state index < -0.39 is 0 Å². The van der Waals surface area contributed by atoms with Crippen molar-refractivity contribution in [3.8, 4) is 11.1 Å². The Hall–Kier alpha value is -1.94. The molecule has 0 radical (unpaired) electrons. The third-order valence-corrected chi connectivity index (χ3v) is 4.05. The van der Waals surface area contributed by atoms with E-state index in [1.54, 1.807) is 10.9 Å². The Labute approximate surface area is 115 Å². The summed E-state index contributed by atoms with van der Waals surface area (Å²) in [6, 6.07) is 10.1. The highest BCUT2D eigenvalue weighted by Crippen LogP contribution is 2.30. The van der Waals surface area contributed by atoms with Gasteiger partial charge in [0.05, 0.1) is 11.8 Å². The predicted octanol–water partition coefficient (Wildman–Crippen LogP) is 3.54. The molecule has 0 aliphatic heterocycles. The molecule has 3 rings (SSSR count). The Morgan fingerprint density at radius 2 is 2.05 bits per heavy atom. The summed E-state index contributed by atoms with van der Waals surface area (Å²) in [7, 11) is 0. The molecule has 4 heteroatoms. The van der Waals surface area contributed by atoms with Crippen molar-refractivity contribution < 1.29 is 0 Å². The molecule has 0 aliphatic carbocycles. The van der Waals surface area contributed by atoms with Crippen LogP contribution >= 0.6 is 11.3 Å². The van der Waals surface area contributed by atoms with Crippen molar-refractivity contribution in [2.45, 2.75) is 19.9 Å². The van der Waals surface area contributed by atoms with Gasteiger partial charge in [0.1, 0.15) is 4.70 Å². The zero-order valence-electron chi connectivity index (χ0n) is 10.7. The summed E-state index contributed by atoms with van der Waals surface area (Å²) in [5, 5.41) is 2.02. The minimum Gasteiger partial charge on any atom is -0.298 e. The van der Waals surface area contributed by atoms with Crippen molar-refractivity contribution in [3.05, 3.63) is 52.4 Å². The molecule has 19 heavy (non-hydrogen) atoms. The van der Waals surface area contributed by atoms with E-state index in [9.17, 15) is 4.79 Å². The van der Waals surface area contributed by atoms with E-state index in [0.29, 0.717) is 0 Å². The molecule has 2 aromatic heterocycles. The first kappa shape index (κ1) is 12.1. The Kier molecular flexibility index (Phi) is 3.17. The van der Waals surface area contributed by atoms with E-state index >= 15 is 0 Å². The number of fused-ring (bicyclic) bond motifs is 1. The van der Waals surface area contributed by atoms with Crippen LogP contribution in [0.3, 0.4) is 0 Å². The maximum Gasteiger partial charge on any atom is 0.271 e. The average molecular weight is 270 g/mol. The lowest BCUT2D eigenvalue weighted by Gasteiger charge is -2.03. The molecule has 0 aliphatic rings. The second-order valence-electron chi connectivity index (χ2n) is 4.44. The molecule has 3 nitrogen and oxygen atoms in total.